The molecular formula is C35H17F3N8. The molecule has 0 atom stereocenters. The van der Waals surface area contributed by atoms with Crippen LogP contribution in [-0.4, -0.2) is 19.9 Å². The molecule has 5 aromatic carbocycles. The SMILES string of the molecule is [C-]#[N+]c1nc2c(nc1[N+]#[C-])N(c1cccc3ccccc13)c1nc3cc(C(F)(F)F)ccc3nc1N2c1cccc2ccccc12. The Morgan fingerprint density at radius 3 is 1.48 bits per heavy atom. The minimum atomic E-state index is -4.59. The molecule has 0 fully saturated rings. The van der Waals surface area contributed by atoms with E-state index in [1.165, 1.54) is 6.07 Å². The molecule has 1 aliphatic heterocycles. The van der Waals surface area contributed by atoms with Crippen molar-refractivity contribution in [3.63, 3.8) is 0 Å². The average Bonchev–Trinajstić information content (AvgIpc) is 3.08. The molecule has 3 heterocycles. The maximum Gasteiger partial charge on any atom is 0.416 e. The third kappa shape index (κ3) is 4.07. The van der Waals surface area contributed by atoms with Crippen LogP contribution in [0, 0.1) is 13.1 Å². The standard InChI is InChI=1S/C35H17F3N8/c1-39-29-30(40-2)44-34-33(43-29)45(27-15-7-11-20-9-3-5-13-23(20)27)31-32(42-26-19-22(35(36,37)38)17-18-25(26)41-31)46(34)28-16-8-12-21-10-4-6-14-24(21)28/h3-19H. The molecule has 0 spiro atoms. The molecule has 0 amide bonds. The van der Waals surface area contributed by atoms with Gasteiger partial charge in [0.1, 0.15) is 0 Å². The number of rotatable bonds is 2. The summed E-state index contributed by atoms with van der Waals surface area (Å²) in [5.74, 6) is 0.443. The smallest absolute Gasteiger partial charge is 0.370 e. The molecule has 8 nitrogen and oxygen atoms in total. The summed E-state index contributed by atoms with van der Waals surface area (Å²) in [6.45, 7) is 15.6. The van der Waals surface area contributed by atoms with E-state index < -0.39 is 11.7 Å². The lowest BCUT2D eigenvalue weighted by Gasteiger charge is -2.34. The van der Waals surface area contributed by atoms with Crippen molar-refractivity contribution >= 4 is 78.9 Å². The van der Waals surface area contributed by atoms with Crippen molar-refractivity contribution in [3.8, 4) is 0 Å². The van der Waals surface area contributed by atoms with Crippen molar-refractivity contribution in [2.24, 2.45) is 0 Å². The Bertz CT molecular complexity index is 2470. The molecule has 218 valence electrons. The molecule has 0 bridgehead atoms. The van der Waals surface area contributed by atoms with E-state index in [1.54, 1.807) is 9.80 Å². The largest absolute Gasteiger partial charge is 0.416 e. The molecule has 7 aromatic rings. The van der Waals surface area contributed by atoms with Crippen LogP contribution in [0.4, 0.5) is 59.5 Å². The Morgan fingerprint density at radius 2 is 0.978 bits per heavy atom. The number of benzene rings is 5. The first kappa shape index (κ1) is 27.0. The summed E-state index contributed by atoms with van der Waals surface area (Å²) >= 11 is 0. The number of halogens is 3. The molecular weight excluding hydrogens is 589 g/mol. The fourth-order valence-corrected chi connectivity index (χ4v) is 5.83. The van der Waals surface area contributed by atoms with Crippen LogP contribution < -0.4 is 9.80 Å². The molecule has 0 aliphatic carbocycles. The van der Waals surface area contributed by atoms with E-state index in [1.807, 2.05) is 84.9 Å². The molecule has 0 N–H and O–H groups in total. The van der Waals surface area contributed by atoms with Gasteiger partial charge in [0.05, 0.1) is 28.0 Å². The lowest BCUT2D eigenvalue weighted by Crippen LogP contribution is -2.28. The molecule has 0 radical (unpaired) electrons. The van der Waals surface area contributed by atoms with E-state index in [0.29, 0.717) is 11.4 Å². The number of anilines is 6. The van der Waals surface area contributed by atoms with Gasteiger partial charge >= 0.3 is 17.8 Å². The number of fused-ring (bicyclic) bond motifs is 5. The number of alkyl halides is 3. The summed E-state index contributed by atoms with van der Waals surface area (Å²) in [4.78, 5) is 29.4. The van der Waals surface area contributed by atoms with Gasteiger partial charge in [-0.15, -0.1) is 9.97 Å². The van der Waals surface area contributed by atoms with Crippen molar-refractivity contribution in [3.05, 3.63) is 132 Å². The van der Waals surface area contributed by atoms with Crippen LogP contribution >= 0.6 is 0 Å². The van der Waals surface area contributed by atoms with Crippen molar-refractivity contribution < 1.29 is 13.2 Å². The second kappa shape index (κ2) is 9.97. The summed E-state index contributed by atoms with van der Waals surface area (Å²) < 4.78 is 41.5. The molecule has 0 saturated heterocycles. The Morgan fingerprint density at radius 1 is 0.522 bits per heavy atom. The van der Waals surface area contributed by atoms with Gasteiger partial charge in [0, 0.05) is 10.8 Å². The van der Waals surface area contributed by atoms with Crippen molar-refractivity contribution in [1.29, 1.82) is 0 Å². The zero-order valence-electron chi connectivity index (χ0n) is 23.5. The summed E-state index contributed by atoms with van der Waals surface area (Å²) in [6, 6.07) is 29.9. The fourth-order valence-electron chi connectivity index (χ4n) is 5.83. The molecule has 8 rings (SSSR count). The molecule has 46 heavy (non-hydrogen) atoms. The Labute approximate surface area is 259 Å². The van der Waals surface area contributed by atoms with E-state index >= 15 is 0 Å². The highest BCUT2D eigenvalue weighted by Gasteiger charge is 2.42. The van der Waals surface area contributed by atoms with Gasteiger partial charge in [0.2, 0.25) is 0 Å². The summed E-state index contributed by atoms with van der Waals surface area (Å²) in [5, 5.41) is 3.44. The number of aromatic nitrogens is 4. The predicted octanol–water partition coefficient (Wildman–Crippen LogP) is 10.1. The minimum absolute atomic E-state index is 0.0243. The molecule has 0 unspecified atom stereocenters. The molecule has 0 saturated carbocycles. The van der Waals surface area contributed by atoms with Crippen LogP contribution in [0.1, 0.15) is 5.56 Å². The van der Waals surface area contributed by atoms with Gasteiger partial charge in [-0.3, -0.25) is 9.80 Å². The third-order valence-electron chi connectivity index (χ3n) is 7.85. The van der Waals surface area contributed by atoms with Crippen LogP contribution in [0.15, 0.2) is 103 Å². The zero-order chi connectivity index (χ0) is 31.6. The maximum absolute atomic E-state index is 13.8. The van der Waals surface area contributed by atoms with E-state index in [4.69, 9.17) is 23.1 Å². The Kier molecular flexibility index (Phi) is 5.85. The van der Waals surface area contributed by atoms with Crippen molar-refractivity contribution in [1.82, 2.24) is 19.9 Å². The van der Waals surface area contributed by atoms with E-state index in [-0.39, 0.29) is 45.9 Å². The van der Waals surface area contributed by atoms with Crippen LogP contribution in [0.5, 0.6) is 0 Å². The minimum Gasteiger partial charge on any atom is -0.370 e. The highest BCUT2D eigenvalue weighted by Crippen LogP contribution is 2.54. The lowest BCUT2D eigenvalue weighted by atomic mass is 10.1. The van der Waals surface area contributed by atoms with Crippen molar-refractivity contribution in [2.45, 2.75) is 6.18 Å². The fraction of sp³-hybridized carbons (Fsp3) is 0.0286. The predicted molar refractivity (Wildman–Crippen MR) is 171 cm³/mol. The quantitative estimate of drug-likeness (QED) is 0.183. The zero-order valence-corrected chi connectivity index (χ0v) is 23.5. The maximum atomic E-state index is 13.8. The molecule has 11 heteroatoms. The van der Waals surface area contributed by atoms with Crippen LogP contribution in [0.2, 0.25) is 0 Å². The normalized spacial score (nSPS) is 12.5. The van der Waals surface area contributed by atoms with E-state index in [2.05, 4.69) is 19.7 Å². The van der Waals surface area contributed by atoms with Gasteiger partial charge in [-0.2, -0.15) is 13.2 Å². The first-order valence-corrected chi connectivity index (χ1v) is 14.0. The van der Waals surface area contributed by atoms with Crippen LogP contribution in [0.25, 0.3) is 42.3 Å². The van der Waals surface area contributed by atoms with Gasteiger partial charge in [-0.1, -0.05) is 85.9 Å². The first-order valence-electron chi connectivity index (χ1n) is 14.0. The van der Waals surface area contributed by atoms with Gasteiger partial charge < -0.3 is 9.69 Å². The van der Waals surface area contributed by atoms with Gasteiger partial charge in [0.15, 0.2) is 11.6 Å². The molecule has 1 aliphatic rings. The summed E-state index contributed by atoms with van der Waals surface area (Å²) in [6.07, 6.45) is -4.59. The highest BCUT2D eigenvalue weighted by molar-refractivity contribution is 6.08. The van der Waals surface area contributed by atoms with E-state index in [0.717, 1.165) is 33.7 Å². The first-order chi connectivity index (χ1) is 22.4. The van der Waals surface area contributed by atoms with Gasteiger partial charge in [0.25, 0.3) is 11.6 Å². The monoisotopic (exact) mass is 606 g/mol. The van der Waals surface area contributed by atoms with E-state index in [9.17, 15) is 13.2 Å². The van der Waals surface area contributed by atoms with Gasteiger partial charge in [-0.05, 0) is 41.1 Å². The second-order valence-electron chi connectivity index (χ2n) is 10.5. The van der Waals surface area contributed by atoms with Crippen LogP contribution in [0.3, 0.4) is 0 Å². The Balaban J connectivity index is 1.54. The third-order valence-corrected chi connectivity index (χ3v) is 7.85. The number of nitrogens with zero attached hydrogens (tertiary/aromatic N) is 8. The summed E-state index contributed by atoms with van der Waals surface area (Å²) in [7, 11) is 0. The second-order valence-corrected chi connectivity index (χ2v) is 10.5. The number of hydrogen-bond donors (Lipinski definition) is 0. The van der Waals surface area contributed by atoms with Crippen LogP contribution in [-0.2, 0) is 6.18 Å². The average molecular weight is 607 g/mol. The van der Waals surface area contributed by atoms with Crippen molar-refractivity contribution in [2.75, 3.05) is 9.80 Å². The highest BCUT2D eigenvalue weighted by atomic mass is 19.4. The number of hydrogen-bond acceptors (Lipinski definition) is 6. The lowest BCUT2D eigenvalue weighted by molar-refractivity contribution is -0.137. The Hall–Kier alpha value is -6.59. The molecule has 2 aromatic heterocycles. The summed E-state index contributed by atoms with van der Waals surface area (Å²) in [5.41, 5.74) is 0.634. The topological polar surface area (TPSA) is 66.8 Å². The van der Waals surface area contributed by atoms with Gasteiger partial charge in [-0.25, -0.2) is 9.97 Å².